The van der Waals surface area contributed by atoms with Crippen molar-refractivity contribution in [2.75, 3.05) is 12.3 Å². The quantitative estimate of drug-likeness (QED) is 0.650. The molecular weight excluding hydrogens is 245 g/mol. The van der Waals surface area contributed by atoms with Crippen LogP contribution in [-0.4, -0.2) is 6.61 Å². The zero-order chi connectivity index (χ0) is 13.6. The molecule has 0 saturated heterocycles. The van der Waals surface area contributed by atoms with Crippen molar-refractivity contribution in [3.8, 4) is 11.8 Å². The molecule has 0 aliphatic heterocycles. The van der Waals surface area contributed by atoms with Gasteiger partial charge in [0.25, 0.3) is 0 Å². The Morgan fingerprint density at radius 1 is 1.28 bits per heavy atom. The third kappa shape index (κ3) is 4.17. The van der Waals surface area contributed by atoms with E-state index in [9.17, 15) is 13.2 Å². The average Bonchev–Trinajstić information content (AvgIpc) is 2.29. The van der Waals surface area contributed by atoms with Gasteiger partial charge in [0, 0.05) is 6.42 Å². The number of hydrogen-bond acceptors (Lipinski definition) is 3. The Bertz CT molecular complexity index is 438. The van der Waals surface area contributed by atoms with Crippen molar-refractivity contribution < 1.29 is 17.9 Å². The smallest absolute Gasteiger partial charge is 0.416 e. The fourth-order valence-electron chi connectivity index (χ4n) is 1.34. The maximum Gasteiger partial charge on any atom is 0.416 e. The molecule has 3 nitrogen and oxygen atoms in total. The number of nitrogens with two attached hydrogens (primary N) is 1. The Balaban J connectivity index is 2.56. The first-order valence-corrected chi connectivity index (χ1v) is 5.41. The summed E-state index contributed by atoms with van der Waals surface area (Å²) in [6, 6.07) is 4.99. The fraction of sp³-hybridized carbons (Fsp3) is 0.417. The van der Waals surface area contributed by atoms with Gasteiger partial charge in [0.15, 0.2) is 0 Å². The van der Waals surface area contributed by atoms with E-state index in [2.05, 4.69) is 0 Å². The van der Waals surface area contributed by atoms with Crippen molar-refractivity contribution in [1.82, 2.24) is 0 Å². The lowest BCUT2D eigenvalue weighted by molar-refractivity contribution is -0.137. The second-order valence-electron chi connectivity index (χ2n) is 3.71. The number of unbranched alkanes of at least 4 members (excludes halogenated alkanes) is 2. The Morgan fingerprint density at radius 2 is 2.00 bits per heavy atom. The SMILES string of the molecule is N#CCCCCOc1ccc(C(F)(F)F)cc1N. The van der Waals surface area contributed by atoms with Crippen molar-refractivity contribution in [2.45, 2.75) is 25.4 Å². The van der Waals surface area contributed by atoms with E-state index in [0.29, 0.717) is 25.9 Å². The summed E-state index contributed by atoms with van der Waals surface area (Å²) in [5.74, 6) is 0.236. The maximum atomic E-state index is 12.4. The van der Waals surface area contributed by atoms with Gasteiger partial charge in [-0.15, -0.1) is 0 Å². The number of nitriles is 1. The van der Waals surface area contributed by atoms with Gasteiger partial charge in [-0.3, -0.25) is 0 Å². The van der Waals surface area contributed by atoms with E-state index in [1.165, 1.54) is 6.07 Å². The number of halogens is 3. The van der Waals surface area contributed by atoms with Gasteiger partial charge in [-0.2, -0.15) is 18.4 Å². The Hall–Kier alpha value is -1.90. The van der Waals surface area contributed by atoms with Gasteiger partial charge in [-0.05, 0) is 31.0 Å². The standard InChI is InChI=1S/C12H13F3N2O/c13-12(14,15)9-4-5-11(10(17)8-9)18-7-3-1-2-6-16/h4-5,8H,1-3,7,17H2. The van der Waals surface area contributed by atoms with E-state index in [-0.39, 0.29) is 11.4 Å². The van der Waals surface area contributed by atoms with Crippen LogP contribution in [0.3, 0.4) is 0 Å². The zero-order valence-electron chi connectivity index (χ0n) is 9.63. The average molecular weight is 258 g/mol. The summed E-state index contributed by atoms with van der Waals surface area (Å²) >= 11 is 0. The minimum Gasteiger partial charge on any atom is -0.491 e. The van der Waals surface area contributed by atoms with E-state index in [1.54, 1.807) is 0 Å². The molecule has 0 spiro atoms. The van der Waals surface area contributed by atoms with E-state index < -0.39 is 11.7 Å². The number of rotatable bonds is 5. The molecule has 0 aliphatic carbocycles. The summed E-state index contributed by atoms with van der Waals surface area (Å²) in [5, 5.41) is 8.32. The molecule has 0 heterocycles. The van der Waals surface area contributed by atoms with E-state index in [0.717, 1.165) is 12.1 Å². The molecule has 0 radical (unpaired) electrons. The lowest BCUT2D eigenvalue weighted by atomic mass is 10.2. The van der Waals surface area contributed by atoms with Gasteiger partial charge in [0.1, 0.15) is 5.75 Å². The van der Waals surface area contributed by atoms with Crippen LogP contribution >= 0.6 is 0 Å². The summed E-state index contributed by atoms with van der Waals surface area (Å²) < 4.78 is 42.3. The number of nitrogens with zero attached hydrogens (tertiary/aromatic N) is 1. The Morgan fingerprint density at radius 3 is 2.56 bits per heavy atom. The highest BCUT2D eigenvalue weighted by molar-refractivity contribution is 5.54. The second-order valence-corrected chi connectivity index (χ2v) is 3.71. The third-order valence-corrected chi connectivity index (χ3v) is 2.28. The number of nitrogen functional groups attached to an aromatic ring is 1. The van der Waals surface area contributed by atoms with Crippen LogP contribution in [-0.2, 0) is 6.18 Å². The van der Waals surface area contributed by atoms with E-state index in [4.69, 9.17) is 15.7 Å². The van der Waals surface area contributed by atoms with Crippen LogP contribution in [0.15, 0.2) is 18.2 Å². The highest BCUT2D eigenvalue weighted by atomic mass is 19.4. The predicted molar refractivity (Wildman–Crippen MR) is 60.8 cm³/mol. The summed E-state index contributed by atoms with van der Waals surface area (Å²) in [6.45, 7) is 0.331. The highest BCUT2D eigenvalue weighted by Crippen LogP contribution is 2.33. The summed E-state index contributed by atoms with van der Waals surface area (Å²) in [4.78, 5) is 0. The first kappa shape index (κ1) is 14.2. The molecule has 1 aromatic carbocycles. The number of anilines is 1. The first-order valence-electron chi connectivity index (χ1n) is 5.41. The van der Waals surface area contributed by atoms with Gasteiger partial charge in [-0.25, -0.2) is 0 Å². The number of hydrogen-bond donors (Lipinski definition) is 1. The van der Waals surface area contributed by atoms with Gasteiger partial charge in [0.05, 0.1) is 23.9 Å². The van der Waals surface area contributed by atoms with Crippen LogP contribution in [0.4, 0.5) is 18.9 Å². The summed E-state index contributed by atoms with van der Waals surface area (Å²) in [5.41, 5.74) is 4.65. The fourth-order valence-corrected chi connectivity index (χ4v) is 1.34. The molecule has 0 bridgehead atoms. The monoisotopic (exact) mass is 258 g/mol. The van der Waals surface area contributed by atoms with Crippen molar-refractivity contribution in [2.24, 2.45) is 0 Å². The van der Waals surface area contributed by atoms with Crippen molar-refractivity contribution >= 4 is 5.69 Å². The minimum atomic E-state index is -4.40. The third-order valence-electron chi connectivity index (χ3n) is 2.28. The normalized spacial score (nSPS) is 11.0. The van der Waals surface area contributed by atoms with Gasteiger partial charge < -0.3 is 10.5 Å². The highest BCUT2D eigenvalue weighted by Gasteiger charge is 2.30. The van der Waals surface area contributed by atoms with E-state index in [1.807, 2.05) is 6.07 Å². The van der Waals surface area contributed by atoms with Gasteiger partial charge >= 0.3 is 6.18 Å². The van der Waals surface area contributed by atoms with Crippen LogP contribution in [0.25, 0.3) is 0 Å². The maximum absolute atomic E-state index is 12.4. The minimum absolute atomic E-state index is 0.0369. The summed E-state index contributed by atoms with van der Waals surface area (Å²) in [6.07, 6.45) is -2.61. The molecule has 18 heavy (non-hydrogen) atoms. The summed E-state index contributed by atoms with van der Waals surface area (Å²) in [7, 11) is 0. The molecule has 98 valence electrons. The molecule has 0 fully saturated rings. The molecule has 0 saturated carbocycles. The molecule has 2 N–H and O–H groups in total. The van der Waals surface area contributed by atoms with Crippen molar-refractivity contribution in [3.63, 3.8) is 0 Å². The number of alkyl halides is 3. The molecule has 0 amide bonds. The predicted octanol–water partition coefficient (Wildman–Crippen LogP) is 3.36. The van der Waals surface area contributed by atoms with Gasteiger partial charge in [0.2, 0.25) is 0 Å². The molecule has 0 unspecified atom stereocenters. The van der Waals surface area contributed by atoms with Crippen LogP contribution in [0.1, 0.15) is 24.8 Å². The van der Waals surface area contributed by atoms with Gasteiger partial charge in [-0.1, -0.05) is 0 Å². The van der Waals surface area contributed by atoms with E-state index >= 15 is 0 Å². The zero-order valence-corrected chi connectivity index (χ0v) is 9.63. The largest absolute Gasteiger partial charge is 0.491 e. The van der Waals surface area contributed by atoms with Crippen LogP contribution in [0.2, 0.25) is 0 Å². The van der Waals surface area contributed by atoms with Crippen LogP contribution < -0.4 is 10.5 Å². The molecule has 1 aromatic rings. The van der Waals surface area contributed by atoms with Crippen molar-refractivity contribution in [1.29, 1.82) is 5.26 Å². The molecule has 0 aliphatic rings. The van der Waals surface area contributed by atoms with Crippen LogP contribution in [0, 0.1) is 11.3 Å². The van der Waals surface area contributed by atoms with Crippen molar-refractivity contribution in [3.05, 3.63) is 23.8 Å². The number of ether oxygens (including phenoxy) is 1. The molecular formula is C12H13F3N2O. The molecule has 0 atom stereocenters. The topological polar surface area (TPSA) is 59.0 Å². The lowest BCUT2D eigenvalue weighted by Gasteiger charge is -2.11. The molecule has 1 rings (SSSR count). The molecule has 0 aromatic heterocycles. The lowest BCUT2D eigenvalue weighted by Crippen LogP contribution is -2.07. The Kier molecular flexibility index (Phi) is 4.84. The molecule has 6 heteroatoms. The first-order chi connectivity index (χ1) is 8.45. The Labute approximate surface area is 103 Å². The van der Waals surface area contributed by atoms with Crippen LogP contribution in [0.5, 0.6) is 5.75 Å². The second kappa shape index (κ2) is 6.15. The number of benzene rings is 1.